The van der Waals surface area contributed by atoms with E-state index >= 15 is 0 Å². The lowest BCUT2D eigenvalue weighted by molar-refractivity contribution is -0.121. The highest BCUT2D eigenvalue weighted by molar-refractivity contribution is 5.60. The highest BCUT2D eigenvalue weighted by Crippen LogP contribution is 2.21. The molecule has 4 unspecified atom stereocenters. The molecule has 5 heteroatoms. The fraction of sp³-hybridized carbons (Fsp3) is 0.889. The van der Waals surface area contributed by atoms with Crippen LogP contribution in [0.25, 0.3) is 0 Å². The molecular formula is C9H17NO4. The van der Waals surface area contributed by atoms with Crippen molar-refractivity contribution in [3.63, 3.8) is 0 Å². The van der Waals surface area contributed by atoms with Gasteiger partial charge in [-0.1, -0.05) is 0 Å². The number of hydrogen-bond acceptors (Lipinski definition) is 5. The SMILES string of the molecule is COC(=O)OC1C(N)CC(C)OC1C. The van der Waals surface area contributed by atoms with Crippen LogP contribution in [0.1, 0.15) is 20.3 Å². The van der Waals surface area contributed by atoms with Crippen molar-refractivity contribution in [3.8, 4) is 0 Å². The summed E-state index contributed by atoms with van der Waals surface area (Å²) in [5.74, 6) is 0. The largest absolute Gasteiger partial charge is 0.508 e. The van der Waals surface area contributed by atoms with Gasteiger partial charge in [-0.05, 0) is 20.3 Å². The summed E-state index contributed by atoms with van der Waals surface area (Å²) in [5, 5.41) is 0. The van der Waals surface area contributed by atoms with Crippen molar-refractivity contribution >= 4 is 6.16 Å². The van der Waals surface area contributed by atoms with E-state index in [4.69, 9.17) is 15.2 Å². The summed E-state index contributed by atoms with van der Waals surface area (Å²) in [4.78, 5) is 10.9. The summed E-state index contributed by atoms with van der Waals surface area (Å²) < 4.78 is 14.9. The van der Waals surface area contributed by atoms with Crippen LogP contribution in [0, 0.1) is 0 Å². The Morgan fingerprint density at radius 3 is 2.64 bits per heavy atom. The second-order valence-corrected chi connectivity index (χ2v) is 3.59. The molecule has 0 aliphatic carbocycles. The lowest BCUT2D eigenvalue weighted by Crippen LogP contribution is -2.52. The standard InChI is InChI=1S/C9H17NO4/c1-5-4-7(10)8(6(2)13-5)14-9(11)12-3/h5-8H,4,10H2,1-3H3. The normalized spacial score (nSPS) is 37.7. The zero-order chi connectivity index (χ0) is 10.7. The number of rotatable bonds is 1. The Labute approximate surface area is 83.5 Å². The predicted octanol–water partition coefficient (Wildman–Crippen LogP) is 0.663. The third kappa shape index (κ3) is 2.59. The Morgan fingerprint density at radius 2 is 2.14 bits per heavy atom. The van der Waals surface area contributed by atoms with Gasteiger partial charge in [0.05, 0.1) is 19.3 Å². The molecule has 5 nitrogen and oxygen atoms in total. The lowest BCUT2D eigenvalue weighted by atomic mass is 9.97. The van der Waals surface area contributed by atoms with Crippen LogP contribution in [-0.4, -0.2) is 37.6 Å². The molecule has 0 saturated carbocycles. The van der Waals surface area contributed by atoms with Crippen LogP contribution in [0.4, 0.5) is 4.79 Å². The second-order valence-electron chi connectivity index (χ2n) is 3.59. The molecule has 2 N–H and O–H groups in total. The monoisotopic (exact) mass is 203 g/mol. The molecule has 4 atom stereocenters. The van der Waals surface area contributed by atoms with Gasteiger partial charge >= 0.3 is 6.16 Å². The first-order chi connectivity index (χ1) is 6.54. The van der Waals surface area contributed by atoms with E-state index < -0.39 is 12.3 Å². The van der Waals surface area contributed by atoms with Gasteiger partial charge in [0.1, 0.15) is 6.10 Å². The van der Waals surface area contributed by atoms with E-state index in [9.17, 15) is 4.79 Å². The quantitative estimate of drug-likeness (QED) is 0.634. The molecule has 0 spiro atoms. The minimum atomic E-state index is -0.713. The van der Waals surface area contributed by atoms with Crippen molar-refractivity contribution < 1.29 is 19.0 Å². The van der Waals surface area contributed by atoms with Gasteiger partial charge in [0.2, 0.25) is 0 Å². The van der Waals surface area contributed by atoms with Crippen LogP contribution >= 0.6 is 0 Å². The number of carbonyl (C=O) groups is 1. The number of hydrogen-bond donors (Lipinski definition) is 1. The average Bonchev–Trinajstić information content (AvgIpc) is 2.10. The Balaban J connectivity index is 2.53. The maximum Gasteiger partial charge on any atom is 0.508 e. The molecule has 0 bridgehead atoms. The van der Waals surface area contributed by atoms with Gasteiger partial charge in [0, 0.05) is 6.04 Å². The summed E-state index contributed by atoms with van der Waals surface area (Å²) in [6.45, 7) is 3.79. The Kier molecular flexibility index (Phi) is 3.71. The zero-order valence-corrected chi connectivity index (χ0v) is 8.73. The molecule has 1 saturated heterocycles. The molecule has 1 aliphatic rings. The fourth-order valence-electron chi connectivity index (χ4n) is 1.71. The van der Waals surface area contributed by atoms with E-state index in [0.717, 1.165) is 0 Å². The molecule has 1 heterocycles. The van der Waals surface area contributed by atoms with Crippen molar-refractivity contribution in [1.29, 1.82) is 0 Å². The molecule has 82 valence electrons. The first-order valence-corrected chi connectivity index (χ1v) is 4.70. The average molecular weight is 203 g/mol. The first-order valence-electron chi connectivity index (χ1n) is 4.70. The van der Waals surface area contributed by atoms with Crippen molar-refractivity contribution in [3.05, 3.63) is 0 Å². The van der Waals surface area contributed by atoms with Crippen LogP contribution < -0.4 is 5.73 Å². The minimum absolute atomic E-state index is 0.109. The van der Waals surface area contributed by atoms with Crippen LogP contribution in [0.3, 0.4) is 0 Å². The van der Waals surface area contributed by atoms with E-state index in [1.165, 1.54) is 7.11 Å². The van der Waals surface area contributed by atoms with Crippen molar-refractivity contribution in [2.45, 2.75) is 44.6 Å². The first kappa shape index (κ1) is 11.3. The third-order valence-corrected chi connectivity index (χ3v) is 2.33. The van der Waals surface area contributed by atoms with Gasteiger partial charge in [0.15, 0.2) is 0 Å². The van der Waals surface area contributed by atoms with Gasteiger partial charge in [-0.2, -0.15) is 0 Å². The van der Waals surface area contributed by atoms with Gasteiger partial charge in [-0.25, -0.2) is 4.79 Å². The number of nitrogens with two attached hydrogens (primary N) is 1. The van der Waals surface area contributed by atoms with Crippen LogP contribution in [0.5, 0.6) is 0 Å². The smallest absolute Gasteiger partial charge is 0.438 e. The van der Waals surface area contributed by atoms with E-state index in [2.05, 4.69) is 4.74 Å². The van der Waals surface area contributed by atoms with Crippen LogP contribution in [0.15, 0.2) is 0 Å². The van der Waals surface area contributed by atoms with Gasteiger partial charge < -0.3 is 19.9 Å². The number of carbonyl (C=O) groups excluding carboxylic acids is 1. The third-order valence-electron chi connectivity index (χ3n) is 2.33. The van der Waals surface area contributed by atoms with Gasteiger partial charge in [0.25, 0.3) is 0 Å². The van der Waals surface area contributed by atoms with E-state index in [1.807, 2.05) is 13.8 Å². The molecule has 0 aromatic rings. The number of ether oxygens (including phenoxy) is 3. The maximum atomic E-state index is 10.9. The molecule has 14 heavy (non-hydrogen) atoms. The topological polar surface area (TPSA) is 70.8 Å². The molecule has 0 radical (unpaired) electrons. The molecule has 0 aromatic carbocycles. The summed E-state index contributed by atoms with van der Waals surface area (Å²) in [6, 6.07) is -0.187. The van der Waals surface area contributed by atoms with E-state index in [1.54, 1.807) is 0 Å². The summed E-state index contributed by atoms with van der Waals surface area (Å²) in [5.41, 5.74) is 5.85. The van der Waals surface area contributed by atoms with E-state index in [-0.39, 0.29) is 18.2 Å². The van der Waals surface area contributed by atoms with Crippen molar-refractivity contribution in [2.24, 2.45) is 5.73 Å². The second kappa shape index (κ2) is 4.61. The van der Waals surface area contributed by atoms with Gasteiger partial charge in [-0.3, -0.25) is 0 Å². The molecule has 1 aliphatic heterocycles. The maximum absolute atomic E-state index is 10.9. The van der Waals surface area contributed by atoms with Crippen molar-refractivity contribution in [1.82, 2.24) is 0 Å². The van der Waals surface area contributed by atoms with Gasteiger partial charge in [-0.15, -0.1) is 0 Å². The molecule has 1 fully saturated rings. The fourth-order valence-corrected chi connectivity index (χ4v) is 1.71. The van der Waals surface area contributed by atoms with Crippen LogP contribution in [0.2, 0.25) is 0 Å². The molecule has 0 aromatic heterocycles. The molecular weight excluding hydrogens is 186 g/mol. The summed E-state index contributed by atoms with van der Waals surface area (Å²) in [6.07, 6.45) is -0.522. The highest BCUT2D eigenvalue weighted by atomic mass is 16.7. The van der Waals surface area contributed by atoms with E-state index in [0.29, 0.717) is 6.42 Å². The zero-order valence-electron chi connectivity index (χ0n) is 8.73. The summed E-state index contributed by atoms with van der Waals surface area (Å²) in [7, 11) is 1.27. The summed E-state index contributed by atoms with van der Waals surface area (Å²) >= 11 is 0. The molecule has 1 rings (SSSR count). The lowest BCUT2D eigenvalue weighted by Gasteiger charge is -2.36. The Morgan fingerprint density at radius 1 is 1.50 bits per heavy atom. The Hall–Kier alpha value is -0.810. The Bertz CT molecular complexity index is 197. The highest BCUT2D eigenvalue weighted by Gasteiger charge is 2.35. The number of methoxy groups -OCH3 is 1. The van der Waals surface area contributed by atoms with Crippen LogP contribution in [-0.2, 0) is 14.2 Å². The predicted molar refractivity (Wildman–Crippen MR) is 49.9 cm³/mol. The molecule has 0 amide bonds. The minimum Gasteiger partial charge on any atom is -0.438 e. The van der Waals surface area contributed by atoms with Crippen molar-refractivity contribution in [2.75, 3.05) is 7.11 Å².